The van der Waals surface area contributed by atoms with E-state index in [0.29, 0.717) is 18.2 Å². The van der Waals surface area contributed by atoms with Crippen LogP contribution in [0, 0.1) is 0 Å². The number of ether oxygens (including phenoxy) is 1. The Morgan fingerprint density at radius 1 is 1.36 bits per heavy atom. The van der Waals surface area contributed by atoms with Crippen LogP contribution < -0.4 is 10.6 Å². The predicted octanol–water partition coefficient (Wildman–Crippen LogP) is 2.99. The molecule has 22 heavy (non-hydrogen) atoms. The van der Waals surface area contributed by atoms with Gasteiger partial charge in [-0.1, -0.05) is 29.8 Å². The van der Waals surface area contributed by atoms with E-state index in [4.69, 9.17) is 16.3 Å². The van der Waals surface area contributed by atoms with Gasteiger partial charge in [0.2, 0.25) is 0 Å². The summed E-state index contributed by atoms with van der Waals surface area (Å²) in [5.41, 5.74) is 1.16. The number of nitrogens with one attached hydrogen (secondary N) is 2. The Balaban J connectivity index is 0.00000176. The molecule has 2 fully saturated rings. The molecule has 1 aromatic rings. The average molecular weight is 436 g/mol. The molecule has 0 amide bonds. The minimum absolute atomic E-state index is 0. The Labute approximate surface area is 154 Å². The van der Waals surface area contributed by atoms with Crippen molar-refractivity contribution in [2.24, 2.45) is 4.99 Å². The van der Waals surface area contributed by atoms with Gasteiger partial charge in [0.25, 0.3) is 0 Å². The lowest BCUT2D eigenvalue weighted by atomic mass is 9.96. The van der Waals surface area contributed by atoms with Gasteiger partial charge in [-0.05, 0) is 37.3 Å². The molecule has 2 bridgehead atoms. The fourth-order valence-corrected chi connectivity index (χ4v) is 3.41. The summed E-state index contributed by atoms with van der Waals surface area (Å²) in [6.45, 7) is 0.811. The maximum Gasteiger partial charge on any atom is 0.191 e. The van der Waals surface area contributed by atoms with Gasteiger partial charge in [0, 0.05) is 18.6 Å². The lowest BCUT2D eigenvalue weighted by molar-refractivity contribution is 0.0992. The average Bonchev–Trinajstić information content (AvgIpc) is 3.10. The normalized spacial score (nSPS) is 26.6. The minimum atomic E-state index is 0. The Hall–Kier alpha value is -0.530. The number of hydrogen-bond donors (Lipinski definition) is 2. The zero-order valence-corrected chi connectivity index (χ0v) is 15.8. The van der Waals surface area contributed by atoms with E-state index < -0.39 is 0 Å². The van der Waals surface area contributed by atoms with E-state index >= 15 is 0 Å². The Morgan fingerprint density at radius 3 is 2.82 bits per heavy atom. The molecule has 3 unspecified atom stereocenters. The van der Waals surface area contributed by atoms with Crippen molar-refractivity contribution < 1.29 is 4.74 Å². The monoisotopic (exact) mass is 435 g/mol. The first-order valence-electron chi connectivity index (χ1n) is 7.62. The highest BCUT2D eigenvalue weighted by Gasteiger charge is 2.41. The SMILES string of the molecule is CN=C(NCCc1ccccc1Cl)NC1CC2CCC1O2.I. The smallest absolute Gasteiger partial charge is 0.191 e. The van der Waals surface area contributed by atoms with Gasteiger partial charge in [0.1, 0.15) is 0 Å². The fraction of sp³-hybridized carbons (Fsp3) is 0.562. The van der Waals surface area contributed by atoms with E-state index in [1.54, 1.807) is 7.05 Å². The molecule has 1 aromatic carbocycles. The summed E-state index contributed by atoms with van der Waals surface area (Å²) in [6, 6.07) is 8.35. The Morgan fingerprint density at radius 2 is 2.18 bits per heavy atom. The highest BCUT2D eigenvalue weighted by molar-refractivity contribution is 14.0. The summed E-state index contributed by atoms with van der Waals surface area (Å²) in [4.78, 5) is 4.29. The molecule has 3 atom stereocenters. The van der Waals surface area contributed by atoms with Crippen molar-refractivity contribution in [3.63, 3.8) is 0 Å². The van der Waals surface area contributed by atoms with Gasteiger partial charge < -0.3 is 15.4 Å². The van der Waals surface area contributed by atoms with Crippen LogP contribution in [0.5, 0.6) is 0 Å². The lowest BCUT2D eigenvalue weighted by Crippen LogP contribution is -2.47. The maximum absolute atomic E-state index is 6.16. The first-order chi connectivity index (χ1) is 10.3. The van der Waals surface area contributed by atoms with Crippen LogP contribution in [0.3, 0.4) is 0 Å². The highest BCUT2D eigenvalue weighted by atomic mass is 127. The standard InChI is InChI=1S/C16H22ClN3O.HI/c1-18-16(20-14-10-12-6-7-15(14)21-12)19-9-8-11-4-2-3-5-13(11)17;/h2-5,12,14-15H,6-10H2,1H3,(H2,18,19,20);1H. The van der Waals surface area contributed by atoms with Crippen molar-refractivity contribution in [2.45, 2.75) is 43.9 Å². The molecule has 2 aliphatic rings. The van der Waals surface area contributed by atoms with Crippen molar-refractivity contribution in [1.82, 2.24) is 10.6 Å². The summed E-state index contributed by atoms with van der Waals surface area (Å²) in [7, 11) is 1.80. The van der Waals surface area contributed by atoms with Crippen LogP contribution in [0.25, 0.3) is 0 Å². The molecule has 3 rings (SSSR count). The molecule has 4 nitrogen and oxygen atoms in total. The van der Waals surface area contributed by atoms with Crippen LogP contribution in [0.2, 0.25) is 5.02 Å². The third kappa shape index (κ3) is 4.26. The number of halogens is 2. The molecule has 2 N–H and O–H groups in total. The van der Waals surface area contributed by atoms with Crippen molar-refractivity contribution in [2.75, 3.05) is 13.6 Å². The number of hydrogen-bond acceptors (Lipinski definition) is 2. The van der Waals surface area contributed by atoms with Crippen LogP contribution in [0.15, 0.2) is 29.3 Å². The molecule has 2 heterocycles. The van der Waals surface area contributed by atoms with Crippen molar-refractivity contribution >= 4 is 41.5 Å². The fourth-order valence-electron chi connectivity index (χ4n) is 3.18. The third-order valence-corrected chi connectivity index (χ3v) is 4.67. The molecule has 0 aliphatic carbocycles. The van der Waals surface area contributed by atoms with Crippen LogP contribution in [-0.4, -0.2) is 37.8 Å². The molecule has 0 saturated carbocycles. The quantitative estimate of drug-likeness (QED) is 0.434. The zero-order valence-electron chi connectivity index (χ0n) is 12.7. The molecule has 122 valence electrons. The van der Waals surface area contributed by atoms with E-state index in [1.165, 1.54) is 12.8 Å². The summed E-state index contributed by atoms with van der Waals surface area (Å²) in [6.07, 6.45) is 5.16. The van der Waals surface area contributed by atoms with Crippen molar-refractivity contribution in [3.8, 4) is 0 Å². The number of benzene rings is 1. The van der Waals surface area contributed by atoms with Gasteiger partial charge in [-0.25, -0.2) is 0 Å². The summed E-state index contributed by atoms with van der Waals surface area (Å²) in [5.74, 6) is 0.850. The van der Waals surface area contributed by atoms with Gasteiger partial charge in [-0.15, -0.1) is 24.0 Å². The second-order valence-corrected chi connectivity index (χ2v) is 6.11. The molecule has 2 saturated heterocycles. The molecule has 0 spiro atoms. The number of nitrogens with zero attached hydrogens (tertiary/aromatic N) is 1. The number of fused-ring (bicyclic) bond motifs is 2. The van der Waals surface area contributed by atoms with E-state index in [-0.39, 0.29) is 24.0 Å². The third-order valence-electron chi connectivity index (χ3n) is 4.30. The molecule has 6 heteroatoms. The molecule has 0 radical (unpaired) electrons. The zero-order chi connectivity index (χ0) is 14.7. The lowest BCUT2D eigenvalue weighted by Gasteiger charge is -2.22. The van der Waals surface area contributed by atoms with Gasteiger partial charge in [-0.2, -0.15) is 0 Å². The first-order valence-corrected chi connectivity index (χ1v) is 8.00. The van der Waals surface area contributed by atoms with Crippen LogP contribution in [-0.2, 0) is 11.2 Å². The number of rotatable bonds is 4. The molecular formula is C16H23ClIN3O. The summed E-state index contributed by atoms with van der Waals surface area (Å²) >= 11 is 6.16. The van der Waals surface area contributed by atoms with Gasteiger partial charge in [-0.3, -0.25) is 4.99 Å². The summed E-state index contributed by atoms with van der Waals surface area (Å²) < 4.78 is 5.86. The van der Waals surface area contributed by atoms with Crippen LogP contribution >= 0.6 is 35.6 Å². The largest absolute Gasteiger partial charge is 0.373 e. The Kier molecular flexibility index (Phi) is 6.77. The minimum Gasteiger partial charge on any atom is -0.373 e. The topological polar surface area (TPSA) is 45.7 Å². The second-order valence-electron chi connectivity index (χ2n) is 5.70. The van der Waals surface area contributed by atoms with E-state index in [9.17, 15) is 0 Å². The maximum atomic E-state index is 6.16. The molecule has 0 aromatic heterocycles. The molecular weight excluding hydrogens is 413 g/mol. The van der Waals surface area contributed by atoms with Crippen LogP contribution in [0.1, 0.15) is 24.8 Å². The van der Waals surface area contributed by atoms with E-state index in [0.717, 1.165) is 35.9 Å². The van der Waals surface area contributed by atoms with Gasteiger partial charge in [0.15, 0.2) is 5.96 Å². The first kappa shape index (κ1) is 17.8. The predicted molar refractivity (Wildman–Crippen MR) is 101 cm³/mol. The van der Waals surface area contributed by atoms with Gasteiger partial charge >= 0.3 is 0 Å². The number of guanidine groups is 1. The second kappa shape index (κ2) is 8.36. The highest BCUT2D eigenvalue weighted by Crippen LogP contribution is 2.34. The van der Waals surface area contributed by atoms with E-state index in [2.05, 4.69) is 21.7 Å². The van der Waals surface area contributed by atoms with Crippen molar-refractivity contribution in [3.05, 3.63) is 34.9 Å². The molecule has 2 aliphatic heterocycles. The summed E-state index contributed by atoms with van der Waals surface area (Å²) in [5, 5.41) is 7.66. The van der Waals surface area contributed by atoms with E-state index in [1.807, 2.05) is 18.2 Å². The van der Waals surface area contributed by atoms with Crippen LogP contribution in [0.4, 0.5) is 0 Å². The van der Waals surface area contributed by atoms with Gasteiger partial charge in [0.05, 0.1) is 18.2 Å². The Bertz CT molecular complexity index is 526. The number of aliphatic imine (C=N–C) groups is 1. The van der Waals surface area contributed by atoms with Crippen molar-refractivity contribution in [1.29, 1.82) is 0 Å².